The third-order valence-electron chi connectivity index (χ3n) is 5.40. The highest BCUT2D eigenvalue weighted by Crippen LogP contribution is 2.28. The van der Waals surface area contributed by atoms with Gasteiger partial charge in [0.1, 0.15) is 12.1 Å². The SMILES string of the molecule is C[C@@]1(c2ccccc2)NC(=O)N(CC(=O)N2CCc3ccccc3C2)C1=O. The summed E-state index contributed by atoms with van der Waals surface area (Å²) in [7, 11) is 0. The van der Waals surface area contributed by atoms with Gasteiger partial charge in [-0.2, -0.15) is 0 Å². The van der Waals surface area contributed by atoms with Crippen LogP contribution in [0.1, 0.15) is 23.6 Å². The van der Waals surface area contributed by atoms with Crippen LogP contribution in [0, 0.1) is 0 Å². The first kappa shape index (κ1) is 17.3. The average molecular weight is 363 g/mol. The van der Waals surface area contributed by atoms with Crippen LogP contribution in [-0.2, 0) is 28.1 Å². The molecule has 2 aliphatic rings. The Morgan fingerprint density at radius 1 is 1.04 bits per heavy atom. The van der Waals surface area contributed by atoms with Gasteiger partial charge in [0.05, 0.1) is 0 Å². The monoisotopic (exact) mass is 363 g/mol. The smallest absolute Gasteiger partial charge is 0.325 e. The normalized spacial score (nSPS) is 21.8. The van der Waals surface area contributed by atoms with Gasteiger partial charge in [0.15, 0.2) is 0 Å². The number of hydrogen-bond acceptors (Lipinski definition) is 3. The maximum Gasteiger partial charge on any atom is 0.325 e. The van der Waals surface area contributed by atoms with Crippen LogP contribution >= 0.6 is 0 Å². The lowest BCUT2D eigenvalue weighted by Crippen LogP contribution is -2.45. The van der Waals surface area contributed by atoms with E-state index in [1.165, 1.54) is 5.56 Å². The molecule has 1 N–H and O–H groups in total. The summed E-state index contributed by atoms with van der Waals surface area (Å²) < 4.78 is 0. The number of fused-ring (bicyclic) bond motifs is 1. The van der Waals surface area contributed by atoms with E-state index in [1.807, 2.05) is 36.4 Å². The number of benzene rings is 2. The minimum absolute atomic E-state index is 0.217. The van der Waals surface area contributed by atoms with E-state index in [-0.39, 0.29) is 12.5 Å². The van der Waals surface area contributed by atoms with Crippen molar-refractivity contribution in [2.24, 2.45) is 0 Å². The first-order valence-corrected chi connectivity index (χ1v) is 9.03. The topological polar surface area (TPSA) is 69.7 Å². The Labute approximate surface area is 157 Å². The molecule has 0 bridgehead atoms. The van der Waals surface area contributed by atoms with Crippen molar-refractivity contribution in [3.05, 3.63) is 71.3 Å². The van der Waals surface area contributed by atoms with Crippen LogP contribution in [0.2, 0.25) is 0 Å². The minimum Gasteiger partial charge on any atom is -0.336 e. The molecular formula is C21H21N3O3. The average Bonchev–Trinajstić information content (AvgIpc) is 2.92. The van der Waals surface area contributed by atoms with E-state index in [1.54, 1.807) is 24.0 Å². The number of imide groups is 1. The Morgan fingerprint density at radius 3 is 2.44 bits per heavy atom. The quantitative estimate of drug-likeness (QED) is 0.849. The van der Waals surface area contributed by atoms with Gasteiger partial charge in [0.25, 0.3) is 5.91 Å². The molecule has 0 unspecified atom stereocenters. The van der Waals surface area contributed by atoms with Gasteiger partial charge in [-0.15, -0.1) is 0 Å². The third-order valence-corrected chi connectivity index (χ3v) is 5.40. The van der Waals surface area contributed by atoms with Gasteiger partial charge in [0, 0.05) is 13.1 Å². The first-order chi connectivity index (χ1) is 13.0. The van der Waals surface area contributed by atoms with Gasteiger partial charge in [0.2, 0.25) is 5.91 Å². The molecule has 1 saturated heterocycles. The van der Waals surface area contributed by atoms with Gasteiger partial charge in [-0.3, -0.25) is 14.5 Å². The summed E-state index contributed by atoms with van der Waals surface area (Å²) in [6.45, 7) is 2.53. The second-order valence-electron chi connectivity index (χ2n) is 7.15. The van der Waals surface area contributed by atoms with E-state index in [0.29, 0.717) is 18.7 Å². The van der Waals surface area contributed by atoms with Gasteiger partial charge >= 0.3 is 6.03 Å². The van der Waals surface area contributed by atoms with Crippen LogP contribution in [-0.4, -0.2) is 40.7 Å². The maximum atomic E-state index is 12.9. The van der Waals surface area contributed by atoms with Crippen molar-refractivity contribution >= 4 is 17.8 Å². The molecule has 2 aromatic rings. The Kier molecular flexibility index (Phi) is 4.18. The predicted molar refractivity (Wildman–Crippen MR) is 99.6 cm³/mol. The summed E-state index contributed by atoms with van der Waals surface area (Å²) in [5, 5.41) is 2.74. The zero-order chi connectivity index (χ0) is 19.0. The molecule has 2 aliphatic heterocycles. The number of carbonyl (C=O) groups excluding carboxylic acids is 3. The lowest BCUT2D eigenvalue weighted by atomic mass is 9.92. The highest BCUT2D eigenvalue weighted by Gasteiger charge is 2.49. The fourth-order valence-corrected chi connectivity index (χ4v) is 3.75. The van der Waals surface area contributed by atoms with Gasteiger partial charge in [-0.25, -0.2) is 4.79 Å². The van der Waals surface area contributed by atoms with E-state index >= 15 is 0 Å². The fraction of sp³-hybridized carbons (Fsp3) is 0.286. The molecule has 0 aromatic heterocycles. The Hall–Kier alpha value is -3.15. The summed E-state index contributed by atoms with van der Waals surface area (Å²) >= 11 is 0. The van der Waals surface area contributed by atoms with Crippen molar-refractivity contribution in [1.29, 1.82) is 0 Å². The lowest BCUT2D eigenvalue weighted by Gasteiger charge is -2.30. The molecule has 2 heterocycles. The van der Waals surface area contributed by atoms with Crippen LogP contribution in [0.3, 0.4) is 0 Å². The van der Waals surface area contributed by atoms with E-state index in [2.05, 4.69) is 11.4 Å². The molecule has 6 heteroatoms. The largest absolute Gasteiger partial charge is 0.336 e. The highest BCUT2D eigenvalue weighted by molar-refractivity contribution is 6.09. The number of nitrogens with one attached hydrogen (secondary N) is 1. The molecule has 0 spiro atoms. The van der Waals surface area contributed by atoms with Crippen LogP contribution < -0.4 is 5.32 Å². The fourth-order valence-electron chi connectivity index (χ4n) is 3.75. The number of carbonyl (C=O) groups is 3. The Bertz CT molecular complexity index is 912. The molecule has 0 saturated carbocycles. The number of hydrogen-bond donors (Lipinski definition) is 1. The molecule has 0 radical (unpaired) electrons. The van der Waals surface area contributed by atoms with E-state index in [0.717, 1.165) is 16.9 Å². The second kappa shape index (κ2) is 6.54. The van der Waals surface area contributed by atoms with Crippen molar-refractivity contribution in [2.45, 2.75) is 25.4 Å². The minimum atomic E-state index is -1.15. The Morgan fingerprint density at radius 2 is 1.70 bits per heavy atom. The summed E-state index contributed by atoms with van der Waals surface area (Å²) in [4.78, 5) is 40.8. The first-order valence-electron chi connectivity index (χ1n) is 9.03. The predicted octanol–water partition coefficient (Wildman–Crippen LogP) is 2.04. The summed E-state index contributed by atoms with van der Waals surface area (Å²) in [5.41, 5.74) is 1.91. The second-order valence-corrected chi connectivity index (χ2v) is 7.15. The number of rotatable bonds is 3. The van der Waals surface area contributed by atoms with Crippen molar-refractivity contribution in [3.8, 4) is 0 Å². The molecular weight excluding hydrogens is 342 g/mol. The summed E-state index contributed by atoms with van der Waals surface area (Å²) in [6, 6.07) is 16.6. The molecule has 4 amide bonds. The molecule has 1 atom stereocenters. The molecule has 27 heavy (non-hydrogen) atoms. The van der Waals surface area contributed by atoms with E-state index in [4.69, 9.17) is 0 Å². The highest BCUT2D eigenvalue weighted by atomic mass is 16.2. The van der Waals surface area contributed by atoms with Gasteiger partial charge in [-0.05, 0) is 30.0 Å². The van der Waals surface area contributed by atoms with Crippen LogP contribution in [0.4, 0.5) is 4.79 Å². The molecule has 4 rings (SSSR count). The van der Waals surface area contributed by atoms with Crippen LogP contribution in [0.5, 0.6) is 0 Å². The molecule has 2 aromatic carbocycles. The lowest BCUT2D eigenvalue weighted by molar-refractivity contribution is -0.139. The number of urea groups is 1. The zero-order valence-electron chi connectivity index (χ0n) is 15.1. The zero-order valence-corrected chi connectivity index (χ0v) is 15.1. The van der Waals surface area contributed by atoms with Crippen molar-refractivity contribution in [1.82, 2.24) is 15.1 Å². The van der Waals surface area contributed by atoms with Crippen LogP contribution in [0.15, 0.2) is 54.6 Å². The van der Waals surface area contributed by atoms with Crippen LogP contribution in [0.25, 0.3) is 0 Å². The molecule has 138 valence electrons. The summed E-state index contributed by atoms with van der Waals surface area (Å²) in [5.74, 6) is -0.616. The van der Waals surface area contributed by atoms with Crippen molar-refractivity contribution < 1.29 is 14.4 Å². The summed E-state index contributed by atoms with van der Waals surface area (Å²) in [6.07, 6.45) is 0.782. The number of nitrogens with zero attached hydrogens (tertiary/aromatic N) is 2. The van der Waals surface area contributed by atoms with Gasteiger partial charge < -0.3 is 10.2 Å². The Balaban J connectivity index is 1.49. The molecule has 1 fully saturated rings. The molecule has 6 nitrogen and oxygen atoms in total. The van der Waals surface area contributed by atoms with E-state index < -0.39 is 17.5 Å². The standard InChI is InChI=1S/C21H21N3O3/c1-21(17-9-3-2-4-10-17)19(26)24(20(27)22-21)14-18(25)23-12-11-15-7-5-6-8-16(15)13-23/h2-10H,11-14H2,1H3,(H,22,27)/t21-/m0/s1. The maximum absolute atomic E-state index is 12.9. The van der Waals surface area contributed by atoms with E-state index in [9.17, 15) is 14.4 Å². The van der Waals surface area contributed by atoms with Crippen molar-refractivity contribution in [2.75, 3.05) is 13.1 Å². The van der Waals surface area contributed by atoms with Crippen molar-refractivity contribution in [3.63, 3.8) is 0 Å². The van der Waals surface area contributed by atoms with Gasteiger partial charge in [-0.1, -0.05) is 54.6 Å². The number of amides is 4. The molecule has 0 aliphatic carbocycles. The third kappa shape index (κ3) is 2.97.